The molecule has 11 heteroatoms. The maximum atomic E-state index is 9.97. The van der Waals surface area contributed by atoms with Crippen molar-refractivity contribution in [1.29, 1.82) is 0 Å². The van der Waals surface area contributed by atoms with Gasteiger partial charge in [-0.05, 0) is 42.3 Å². The molecule has 2 aliphatic heterocycles. The Morgan fingerprint density at radius 2 is 1.94 bits per heavy atom. The molecule has 9 nitrogen and oxygen atoms in total. The number of ether oxygens (including phenoxy) is 1. The van der Waals surface area contributed by atoms with Crippen LogP contribution in [0.4, 0.5) is 28.8 Å². The van der Waals surface area contributed by atoms with Crippen molar-refractivity contribution in [1.82, 2.24) is 14.9 Å². The maximum Gasteiger partial charge on any atom is 0.491 e. The summed E-state index contributed by atoms with van der Waals surface area (Å²) < 4.78 is 10.9. The number of benzene rings is 2. The highest BCUT2D eigenvalue weighted by Gasteiger charge is 2.27. The number of hydrogen-bond acceptors (Lipinski definition) is 9. The molecule has 3 aromatic rings. The lowest BCUT2D eigenvalue weighted by Crippen LogP contribution is -2.44. The first-order chi connectivity index (χ1) is 16.5. The van der Waals surface area contributed by atoms with Crippen molar-refractivity contribution >= 4 is 53.0 Å². The fourth-order valence-electron chi connectivity index (χ4n) is 4.11. The molecule has 1 saturated heterocycles. The van der Waals surface area contributed by atoms with Crippen LogP contribution in [-0.2, 0) is 11.3 Å². The second kappa shape index (κ2) is 9.67. The molecule has 176 valence electrons. The molecule has 3 N–H and O–H groups in total. The highest BCUT2D eigenvalue weighted by molar-refractivity contribution is 6.61. The minimum absolute atomic E-state index is 0.375. The first-order valence-electron chi connectivity index (χ1n) is 11.1. The zero-order valence-electron chi connectivity index (χ0n) is 19.1. The number of halogens is 1. The van der Waals surface area contributed by atoms with Gasteiger partial charge in [0.2, 0.25) is 5.95 Å². The molecule has 3 heterocycles. The number of hydrogen-bond donors (Lipinski definition) is 3. The van der Waals surface area contributed by atoms with Crippen LogP contribution in [0.15, 0.2) is 42.6 Å². The number of aromatic nitrogens is 2. The molecule has 2 aliphatic rings. The van der Waals surface area contributed by atoms with Gasteiger partial charge in [-0.25, -0.2) is 4.98 Å². The molecule has 34 heavy (non-hydrogen) atoms. The number of fused-ring (bicyclic) bond motifs is 1. The van der Waals surface area contributed by atoms with Crippen LogP contribution >= 0.6 is 11.6 Å². The van der Waals surface area contributed by atoms with E-state index in [0.29, 0.717) is 29.1 Å². The van der Waals surface area contributed by atoms with E-state index < -0.39 is 7.12 Å². The average Bonchev–Trinajstić information content (AvgIpc) is 3.22. The highest BCUT2D eigenvalue weighted by Crippen LogP contribution is 2.33. The summed E-state index contributed by atoms with van der Waals surface area (Å²) in [5.41, 5.74) is 4.31. The number of anilines is 5. The topological polar surface area (TPSA) is 95.0 Å². The second-order valence-electron chi connectivity index (χ2n) is 8.39. The Morgan fingerprint density at radius 1 is 1.12 bits per heavy atom. The summed E-state index contributed by atoms with van der Waals surface area (Å²) >= 11 is 6.35. The fraction of sp³-hybridized carbons (Fsp3) is 0.304. The molecule has 2 aromatic carbocycles. The van der Waals surface area contributed by atoms with Gasteiger partial charge in [-0.2, -0.15) is 4.98 Å². The van der Waals surface area contributed by atoms with E-state index in [-0.39, 0.29) is 0 Å². The molecular weight excluding hydrogens is 455 g/mol. The fourth-order valence-corrected chi connectivity index (χ4v) is 4.25. The third-order valence-corrected chi connectivity index (χ3v) is 6.39. The van der Waals surface area contributed by atoms with Gasteiger partial charge in [0, 0.05) is 43.6 Å². The number of rotatable bonds is 6. The number of nitrogens with zero attached hydrogens (tertiary/aromatic N) is 4. The number of methoxy groups -OCH3 is 1. The van der Waals surface area contributed by atoms with Crippen molar-refractivity contribution in [2.75, 3.05) is 55.9 Å². The highest BCUT2D eigenvalue weighted by atomic mass is 35.5. The second-order valence-corrected chi connectivity index (χ2v) is 8.80. The van der Waals surface area contributed by atoms with E-state index >= 15 is 0 Å². The van der Waals surface area contributed by atoms with E-state index in [1.807, 2.05) is 30.3 Å². The monoisotopic (exact) mass is 480 g/mol. The zero-order valence-corrected chi connectivity index (χ0v) is 19.8. The van der Waals surface area contributed by atoms with Crippen LogP contribution in [0.2, 0.25) is 5.02 Å². The Labute approximate surface area is 203 Å². The molecule has 0 radical (unpaired) electrons. The Bertz CT molecular complexity index is 1190. The summed E-state index contributed by atoms with van der Waals surface area (Å²) in [6, 6.07) is 11.7. The molecule has 1 aromatic heterocycles. The van der Waals surface area contributed by atoms with E-state index in [1.54, 1.807) is 7.11 Å². The lowest BCUT2D eigenvalue weighted by Gasteiger charge is -2.34. The lowest BCUT2D eigenvalue weighted by atomic mass is 9.79. The van der Waals surface area contributed by atoms with Gasteiger partial charge in [0.15, 0.2) is 5.82 Å². The van der Waals surface area contributed by atoms with Crippen LogP contribution < -0.4 is 25.7 Å². The van der Waals surface area contributed by atoms with Gasteiger partial charge < -0.3 is 34.8 Å². The minimum Gasteiger partial charge on any atom is -0.494 e. The molecular formula is C23H26BClN6O3. The summed E-state index contributed by atoms with van der Waals surface area (Å²) in [4.78, 5) is 13.5. The number of nitrogens with one attached hydrogen (secondary N) is 2. The van der Waals surface area contributed by atoms with E-state index in [0.717, 1.165) is 54.3 Å². The van der Waals surface area contributed by atoms with Crippen molar-refractivity contribution in [3.63, 3.8) is 0 Å². The summed E-state index contributed by atoms with van der Waals surface area (Å²) in [6.07, 6.45) is 1.54. The van der Waals surface area contributed by atoms with Crippen molar-refractivity contribution in [3.8, 4) is 5.75 Å². The van der Waals surface area contributed by atoms with Crippen LogP contribution in [0.1, 0.15) is 5.56 Å². The third-order valence-electron chi connectivity index (χ3n) is 6.12. The van der Waals surface area contributed by atoms with Crippen molar-refractivity contribution in [3.05, 3.63) is 53.2 Å². The van der Waals surface area contributed by atoms with Crippen LogP contribution in [0.5, 0.6) is 5.75 Å². The third kappa shape index (κ3) is 4.76. The SMILES string of the molecule is COc1cc(N2CCN(C)CC2)ccc1Nc1ncc(Cl)c(Nc2ccc3c(c2)B(O)OC3)n1. The summed E-state index contributed by atoms with van der Waals surface area (Å²) in [6.45, 7) is 4.43. The quantitative estimate of drug-likeness (QED) is 0.460. The molecule has 0 aliphatic carbocycles. The van der Waals surface area contributed by atoms with E-state index in [2.05, 4.69) is 43.5 Å². The first-order valence-corrected chi connectivity index (χ1v) is 11.5. The smallest absolute Gasteiger partial charge is 0.491 e. The van der Waals surface area contributed by atoms with E-state index in [4.69, 9.17) is 21.0 Å². The van der Waals surface area contributed by atoms with Gasteiger partial charge >= 0.3 is 7.12 Å². The summed E-state index contributed by atoms with van der Waals surface area (Å²) in [5, 5.41) is 16.8. The molecule has 0 saturated carbocycles. The molecule has 0 atom stereocenters. The minimum atomic E-state index is -0.920. The Morgan fingerprint density at radius 3 is 2.74 bits per heavy atom. The first kappa shape index (κ1) is 22.7. The number of likely N-dealkylation sites (N-methyl/N-ethyl adjacent to an activating group) is 1. The Kier molecular flexibility index (Phi) is 6.47. The van der Waals surface area contributed by atoms with Crippen molar-refractivity contribution < 1.29 is 14.4 Å². The molecule has 1 fully saturated rings. The van der Waals surface area contributed by atoms with Crippen LogP contribution in [-0.4, -0.2) is 67.3 Å². The predicted molar refractivity (Wildman–Crippen MR) is 135 cm³/mol. The predicted octanol–water partition coefficient (Wildman–Crippen LogP) is 2.60. The standard InChI is InChI=1S/C23H26BClN6O3/c1-30-7-9-31(10-8-30)17-5-6-20(21(12-17)33-2)28-23-26-13-19(25)22(29-23)27-16-4-3-15-14-34-24(32)18(15)11-16/h3-6,11-13,32H,7-10,14H2,1-2H3,(H2,26,27,28,29). The van der Waals surface area contributed by atoms with Crippen molar-refractivity contribution in [2.24, 2.45) is 0 Å². The van der Waals surface area contributed by atoms with Gasteiger partial charge in [0.1, 0.15) is 10.8 Å². The average molecular weight is 481 g/mol. The van der Waals surface area contributed by atoms with Gasteiger partial charge in [0.25, 0.3) is 0 Å². The Balaban J connectivity index is 1.34. The molecule has 5 rings (SSSR count). The summed E-state index contributed by atoms with van der Waals surface area (Å²) in [5.74, 6) is 1.53. The zero-order chi connectivity index (χ0) is 23.7. The van der Waals surface area contributed by atoms with Gasteiger partial charge in [0.05, 0.1) is 25.6 Å². The van der Waals surface area contributed by atoms with Crippen molar-refractivity contribution in [2.45, 2.75) is 6.61 Å². The van der Waals surface area contributed by atoms with Gasteiger partial charge in [-0.1, -0.05) is 17.7 Å². The molecule has 0 spiro atoms. The molecule has 0 amide bonds. The van der Waals surface area contributed by atoms with Crippen LogP contribution in [0.25, 0.3) is 0 Å². The van der Waals surface area contributed by atoms with Crippen LogP contribution in [0.3, 0.4) is 0 Å². The molecule has 0 bridgehead atoms. The van der Waals surface area contributed by atoms with E-state index in [1.165, 1.54) is 6.20 Å². The number of piperazine rings is 1. The Hall–Kier alpha value is -3.05. The lowest BCUT2D eigenvalue weighted by molar-refractivity contribution is 0.275. The van der Waals surface area contributed by atoms with E-state index in [9.17, 15) is 5.02 Å². The maximum absolute atomic E-state index is 9.97. The molecule has 0 unspecified atom stereocenters. The van der Waals surface area contributed by atoms with Gasteiger partial charge in [-0.15, -0.1) is 0 Å². The largest absolute Gasteiger partial charge is 0.494 e. The van der Waals surface area contributed by atoms with Gasteiger partial charge in [-0.3, -0.25) is 0 Å². The summed E-state index contributed by atoms with van der Waals surface area (Å²) in [7, 11) is 2.87. The normalized spacial score (nSPS) is 15.9. The van der Waals surface area contributed by atoms with Crippen LogP contribution in [0, 0.1) is 0 Å².